The minimum absolute atomic E-state index is 0.141. The highest BCUT2D eigenvalue weighted by Crippen LogP contribution is 2.19. The molecule has 6 nitrogen and oxygen atoms in total. The number of hydrogen-bond donors (Lipinski definition) is 2. The van der Waals surface area contributed by atoms with Gasteiger partial charge in [-0.05, 0) is 42.8 Å². The van der Waals surface area contributed by atoms with Gasteiger partial charge in [-0.2, -0.15) is 0 Å². The lowest BCUT2D eigenvalue weighted by molar-refractivity contribution is 0.102. The van der Waals surface area contributed by atoms with E-state index in [9.17, 15) is 9.59 Å². The van der Waals surface area contributed by atoms with Crippen molar-refractivity contribution in [3.8, 4) is 0 Å². The van der Waals surface area contributed by atoms with Gasteiger partial charge in [-0.1, -0.05) is 6.07 Å². The van der Waals surface area contributed by atoms with Crippen LogP contribution in [0.15, 0.2) is 42.6 Å². The number of aromatic nitrogens is 1. The maximum Gasteiger partial charge on any atom is 0.321 e. The Morgan fingerprint density at radius 2 is 2.18 bits per heavy atom. The molecule has 0 saturated carbocycles. The Hall–Kier alpha value is -2.89. The topological polar surface area (TPSA) is 74.3 Å². The molecule has 1 saturated heterocycles. The summed E-state index contributed by atoms with van der Waals surface area (Å²) in [5.41, 5.74) is 2.22. The Balaban J connectivity index is 1.79. The standard InChI is InChI=1S/C16H16N4O2/c1-11-5-6-17-14(9-11)19-15(21)12-3-2-4-13(10-12)20-8-7-18-16(20)22/h2-6,9-10H,7-8H2,1H3,(H,18,22)(H,17,19,21). The normalized spacial score (nSPS) is 13.9. The fourth-order valence-corrected chi connectivity index (χ4v) is 2.33. The number of benzene rings is 1. The number of anilines is 2. The summed E-state index contributed by atoms with van der Waals surface area (Å²) in [7, 11) is 0. The summed E-state index contributed by atoms with van der Waals surface area (Å²) in [6.45, 7) is 3.15. The van der Waals surface area contributed by atoms with Gasteiger partial charge in [0.1, 0.15) is 5.82 Å². The van der Waals surface area contributed by atoms with Crippen LogP contribution >= 0.6 is 0 Å². The lowest BCUT2D eigenvalue weighted by Gasteiger charge is -2.15. The van der Waals surface area contributed by atoms with E-state index in [2.05, 4.69) is 15.6 Å². The highest BCUT2D eigenvalue weighted by atomic mass is 16.2. The summed E-state index contributed by atoms with van der Waals surface area (Å²) in [4.78, 5) is 29.7. The van der Waals surface area contributed by atoms with Gasteiger partial charge < -0.3 is 10.6 Å². The van der Waals surface area contributed by atoms with Crippen LogP contribution in [0, 0.1) is 6.92 Å². The highest BCUT2D eigenvalue weighted by molar-refractivity contribution is 6.05. The van der Waals surface area contributed by atoms with Crippen molar-refractivity contribution in [2.24, 2.45) is 0 Å². The molecular formula is C16H16N4O2. The first-order valence-electron chi connectivity index (χ1n) is 7.03. The molecule has 1 aliphatic heterocycles. The number of nitrogens with one attached hydrogen (secondary N) is 2. The third-order valence-corrected chi connectivity index (χ3v) is 3.43. The van der Waals surface area contributed by atoms with E-state index < -0.39 is 0 Å². The van der Waals surface area contributed by atoms with Crippen molar-refractivity contribution in [2.45, 2.75) is 6.92 Å². The molecule has 1 aliphatic rings. The monoisotopic (exact) mass is 296 g/mol. The summed E-state index contributed by atoms with van der Waals surface area (Å²) in [5, 5.41) is 5.50. The van der Waals surface area contributed by atoms with E-state index in [1.165, 1.54) is 0 Å². The molecule has 1 aromatic carbocycles. The molecule has 0 atom stereocenters. The maximum absolute atomic E-state index is 12.3. The molecule has 112 valence electrons. The molecule has 2 heterocycles. The molecule has 3 amide bonds. The molecule has 0 radical (unpaired) electrons. The average molecular weight is 296 g/mol. The molecule has 3 rings (SSSR count). The van der Waals surface area contributed by atoms with Crippen LogP contribution in [-0.2, 0) is 0 Å². The summed E-state index contributed by atoms with van der Waals surface area (Å²) in [6.07, 6.45) is 1.65. The first-order valence-corrected chi connectivity index (χ1v) is 7.03. The molecule has 1 fully saturated rings. The largest absolute Gasteiger partial charge is 0.336 e. The lowest BCUT2D eigenvalue weighted by atomic mass is 10.1. The molecule has 22 heavy (non-hydrogen) atoms. The fourth-order valence-electron chi connectivity index (χ4n) is 2.33. The van der Waals surface area contributed by atoms with Crippen LogP contribution in [0.25, 0.3) is 0 Å². The van der Waals surface area contributed by atoms with Gasteiger partial charge in [-0.3, -0.25) is 9.69 Å². The van der Waals surface area contributed by atoms with Crippen molar-refractivity contribution in [3.05, 3.63) is 53.7 Å². The van der Waals surface area contributed by atoms with Gasteiger partial charge in [-0.25, -0.2) is 9.78 Å². The summed E-state index contributed by atoms with van der Waals surface area (Å²) >= 11 is 0. The van der Waals surface area contributed by atoms with E-state index in [1.807, 2.05) is 19.1 Å². The Labute approximate surface area is 128 Å². The van der Waals surface area contributed by atoms with Crippen LogP contribution in [0.3, 0.4) is 0 Å². The Bertz CT molecular complexity index is 730. The molecule has 2 N–H and O–H groups in total. The quantitative estimate of drug-likeness (QED) is 0.911. The second-order valence-electron chi connectivity index (χ2n) is 5.11. The Morgan fingerprint density at radius 1 is 1.32 bits per heavy atom. The molecule has 2 aromatic rings. The van der Waals surface area contributed by atoms with Crippen molar-refractivity contribution < 1.29 is 9.59 Å². The summed E-state index contributed by atoms with van der Waals surface area (Å²) in [5.74, 6) is 0.258. The smallest absolute Gasteiger partial charge is 0.321 e. The number of urea groups is 1. The van der Waals surface area contributed by atoms with Crippen LogP contribution in [-0.4, -0.2) is 30.0 Å². The van der Waals surface area contributed by atoms with E-state index in [-0.39, 0.29) is 11.9 Å². The number of hydrogen-bond acceptors (Lipinski definition) is 3. The zero-order valence-electron chi connectivity index (χ0n) is 12.2. The highest BCUT2D eigenvalue weighted by Gasteiger charge is 2.21. The van der Waals surface area contributed by atoms with Crippen LogP contribution in [0.4, 0.5) is 16.3 Å². The third-order valence-electron chi connectivity index (χ3n) is 3.43. The molecular weight excluding hydrogens is 280 g/mol. The van der Waals surface area contributed by atoms with Gasteiger partial charge in [0.2, 0.25) is 0 Å². The number of rotatable bonds is 3. The predicted octanol–water partition coefficient (Wildman–Crippen LogP) is 2.17. The molecule has 0 aliphatic carbocycles. The number of amides is 3. The minimum atomic E-state index is -0.250. The first kappa shape index (κ1) is 14.1. The van der Waals surface area contributed by atoms with Crippen molar-refractivity contribution in [1.82, 2.24) is 10.3 Å². The zero-order valence-corrected chi connectivity index (χ0v) is 12.2. The van der Waals surface area contributed by atoms with E-state index >= 15 is 0 Å². The molecule has 6 heteroatoms. The van der Waals surface area contributed by atoms with Gasteiger partial charge >= 0.3 is 6.03 Å². The molecule has 1 aromatic heterocycles. The van der Waals surface area contributed by atoms with E-state index in [1.54, 1.807) is 35.4 Å². The average Bonchev–Trinajstić information content (AvgIpc) is 2.93. The second kappa shape index (κ2) is 5.85. The van der Waals surface area contributed by atoms with Gasteiger partial charge in [0.25, 0.3) is 5.91 Å². The lowest BCUT2D eigenvalue weighted by Crippen LogP contribution is -2.27. The van der Waals surface area contributed by atoms with E-state index in [0.717, 1.165) is 5.56 Å². The van der Waals surface area contributed by atoms with Crippen LogP contribution < -0.4 is 15.5 Å². The van der Waals surface area contributed by atoms with Crippen LogP contribution in [0.5, 0.6) is 0 Å². The van der Waals surface area contributed by atoms with Crippen molar-refractivity contribution in [1.29, 1.82) is 0 Å². The summed E-state index contributed by atoms with van der Waals surface area (Å²) in [6, 6.07) is 10.5. The first-order chi connectivity index (χ1) is 10.6. The van der Waals surface area contributed by atoms with Gasteiger partial charge in [0, 0.05) is 30.5 Å². The van der Waals surface area contributed by atoms with Crippen molar-refractivity contribution >= 4 is 23.4 Å². The van der Waals surface area contributed by atoms with Crippen LogP contribution in [0.1, 0.15) is 15.9 Å². The number of aryl methyl sites for hydroxylation is 1. The van der Waals surface area contributed by atoms with Gasteiger partial charge in [-0.15, -0.1) is 0 Å². The maximum atomic E-state index is 12.3. The number of pyridine rings is 1. The van der Waals surface area contributed by atoms with Crippen LogP contribution in [0.2, 0.25) is 0 Å². The summed E-state index contributed by atoms with van der Waals surface area (Å²) < 4.78 is 0. The second-order valence-corrected chi connectivity index (χ2v) is 5.11. The number of nitrogens with zero attached hydrogens (tertiary/aromatic N) is 2. The number of carbonyl (C=O) groups excluding carboxylic acids is 2. The zero-order chi connectivity index (χ0) is 15.5. The third kappa shape index (κ3) is 2.90. The SMILES string of the molecule is Cc1ccnc(NC(=O)c2cccc(N3CCNC3=O)c2)c1. The van der Waals surface area contributed by atoms with E-state index in [0.29, 0.717) is 30.2 Å². The van der Waals surface area contributed by atoms with Crippen molar-refractivity contribution in [2.75, 3.05) is 23.3 Å². The fraction of sp³-hybridized carbons (Fsp3) is 0.188. The number of carbonyl (C=O) groups is 2. The Kier molecular flexibility index (Phi) is 3.74. The Morgan fingerprint density at radius 3 is 2.91 bits per heavy atom. The minimum Gasteiger partial charge on any atom is -0.336 e. The molecule has 0 bridgehead atoms. The van der Waals surface area contributed by atoms with Gasteiger partial charge in [0.15, 0.2) is 0 Å². The predicted molar refractivity (Wildman–Crippen MR) is 84.1 cm³/mol. The van der Waals surface area contributed by atoms with E-state index in [4.69, 9.17) is 0 Å². The molecule has 0 spiro atoms. The molecule has 0 unspecified atom stereocenters. The van der Waals surface area contributed by atoms with Crippen molar-refractivity contribution in [3.63, 3.8) is 0 Å². The van der Waals surface area contributed by atoms with Gasteiger partial charge in [0.05, 0.1) is 0 Å².